The first kappa shape index (κ1) is 16.5. The minimum Gasteiger partial charge on any atom is -0.353 e. The zero-order valence-corrected chi connectivity index (χ0v) is 14.4. The van der Waals surface area contributed by atoms with Crippen molar-refractivity contribution in [1.82, 2.24) is 15.1 Å². The van der Waals surface area contributed by atoms with Gasteiger partial charge >= 0.3 is 0 Å². The van der Waals surface area contributed by atoms with Crippen molar-refractivity contribution < 1.29 is 4.79 Å². The monoisotopic (exact) mass is 312 g/mol. The molecule has 0 aromatic rings. The molecule has 1 aliphatic carbocycles. The normalized spacial score (nSPS) is 23.4. The summed E-state index contributed by atoms with van der Waals surface area (Å²) in [5.41, 5.74) is 0. The van der Waals surface area contributed by atoms with Crippen LogP contribution in [0, 0.1) is 5.92 Å². The second kappa shape index (κ2) is 7.38. The van der Waals surface area contributed by atoms with Crippen molar-refractivity contribution >= 4 is 23.6 Å². The van der Waals surface area contributed by atoms with E-state index in [1.54, 1.807) is 19.0 Å². The van der Waals surface area contributed by atoms with Crippen LogP contribution in [0.5, 0.6) is 0 Å². The highest BCUT2D eigenvalue weighted by molar-refractivity contribution is 8.00. The van der Waals surface area contributed by atoms with E-state index in [0.29, 0.717) is 17.2 Å². The Hall–Kier alpha value is -0.910. The zero-order chi connectivity index (χ0) is 15.4. The maximum absolute atomic E-state index is 11.8. The molecule has 1 N–H and O–H groups in total. The fourth-order valence-electron chi connectivity index (χ4n) is 2.20. The Morgan fingerprint density at radius 2 is 2.14 bits per heavy atom. The fourth-order valence-corrected chi connectivity index (χ4v) is 3.50. The molecule has 0 spiro atoms. The summed E-state index contributed by atoms with van der Waals surface area (Å²) in [6.45, 7) is 6.83. The van der Waals surface area contributed by atoms with Crippen LogP contribution in [0.1, 0.15) is 26.7 Å². The number of aliphatic imine (C=N–C) groups is 1. The molecule has 6 heteroatoms. The van der Waals surface area contributed by atoms with Gasteiger partial charge in [-0.1, -0.05) is 13.8 Å². The maximum atomic E-state index is 11.8. The number of likely N-dealkylation sites (N-methyl/N-ethyl adjacent to an activating group) is 1. The summed E-state index contributed by atoms with van der Waals surface area (Å²) in [5.74, 6) is 2.79. The first-order chi connectivity index (χ1) is 9.97. The molecular weight excluding hydrogens is 284 g/mol. The summed E-state index contributed by atoms with van der Waals surface area (Å²) in [6.07, 6.45) is 2.44. The number of hydrogen-bond acceptors (Lipinski definition) is 3. The molecule has 0 bridgehead atoms. The molecule has 1 saturated heterocycles. The highest BCUT2D eigenvalue weighted by Gasteiger charge is 2.29. The molecule has 0 aromatic heterocycles. The van der Waals surface area contributed by atoms with Gasteiger partial charge < -0.3 is 15.1 Å². The van der Waals surface area contributed by atoms with Crippen molar-refractivity contribution in [3.8, 4) is 0 Å². The van der Waals surface area contributed by atoms with E-state index < -0.39 is 0 Å². The highest BCUT2D eigenvalue weighted by atomic mass is 32.2. The van der Waals surface area contributed by atoms with Gasteiger partial charge in [0.2, 0.25) is 5.91 Å². The number of rotatable bonds is 4. The van der Waals surface area contributed by atoms with Gasteiger partial charge in [-0.2, -0.15) is 11.8 Å². The molecule has 1 saturated carbocycles. The van der Waals surface area contributed by atoms with Gasteiger partial charge in [0.05, 0.1) is 0 Å². The van der Waals surface area contributed by atoms with Crippen molar-refractivity contribution in [2.75, 3.05) is 39.5 Å². The van der Waals surface area contributed by atoms with Gasteiger partial charge in [0.15, 0.2) is 5.96 Å². The van der Waals surface area contributed by atoms with Crippen LogP contribution in [-0.2, 0) is 4.79 Å². The molecule has 1 heterocycles. The number of amides is 1. The first-order valence-corrected chi connectivity index (χ1v) is 8.90. The third-order valence-electron chi connectivity index (χ3n) is 3.91. The SMILES string of the molecule is CC(C)C1CN(C(=NCC(=O)N(C)C)NC2CC2)CCS1. The standard InChI is InChI=1S/C15H28N4OS/c1-11(2)13-10-19(7-8-21-13)15(17-12-5-6-12)16-9-14(20)18(3)4/h11-13H,5-10H2,1-4H3,(H,16,17). The third kappa shape index (κ3) is 5.09. The number of carbonyl (C=O) groups is 1. The number of hydrogen-bond donors (Lipinski definition) is 1. The average molecular weight is 312 g/mol. The molecule has 120 valence electrons. The van der Waals surface area contributed by atoms with E-state index in [0.717, 1.165) is 24.8 Å². The van der Waals surface area contributed by atoms with Gasteiger partial charge in [0.1, 0.15) is 6.54 Å². The van der Waals surface area contributed by atoms with Crippen molar-refractivity contribution in [3.63, 3.8) is 0 Å². The van der Waals surface area contributed by atoms with Gasteiger partial charge in [-0.3, -0.25) is 4.79 Å². The zero-order valence-electron chi connectivity index (χ0n) is 13.6. The number of thioether (sulfide) groups is 1. The molecule has 0 radical (unpaired) electrons. The van der Waals surface area contributed by atoms with Crippen LogP contribution >= 0.6 is 11.8 Å². The van der Waals surface area contributed by atoms with Crippen LogP contribution in [0.25, 0.3) is 0 Å². The highest BCUT2D eigenvalue weighted by Crippen LogP contribution is 2.26. The Kier molecular flexibility index (Phi) is 5.79. The summed E-state index contributed by atoms with van der Waals surface area (Å²) >= 11 is 2.06. The second-order valence-electron chi connectivity index (χ2n) is 6.45. The minimum atomic E-state index is 0.0527. The maximum Gasteiger partial charge on any atom is 0.243 e. The molecule has 1 unspecified atom stereocenters. The largest absolute Gasteiger partial charge is 0.353 e. The molecule has 5 nitrogen and oxygen atoms in total. The topological polar surface area (TPSA) is 47.9 Å². The number of nitrogens with zero attached hydrogens (tertiary/aromatic N) is 3. The smallest absolute Gasteiger partial charge is 0.243 e. The Bertz CT molecular complexity index is 393. The van der Waals surface area contributed by atoms with Crippen molar-refractivity contribution in [2.45, 2.75) is 38.0 Å². The molecule has 2 rings (SSSR count). The van der Waals surface area contributed by atoms with E-state index in [1.807, 2.05) is 0 Å². The van der Waals surface area contributed by atoms with Crippen LogP contribution in [0.3, 0.4) is 0 Å². The van der Waals surface area contributed by atoms with Gasteiger partial charge in [-0.15, -0.1) is 0 Å². The first-order valence-electron chi connectivity index (χ1n) is 7.85. The molecule has 21 heavy (non-hydrogen) atoms. The number of guanidine groups is 1. The summed E-state index contributed by atoms with van der Waals surface area (Å²) in [6, 6.07) is 0.560. The second-order valence-corrected chi connectivity index (χ2v) is 7.79. The molecule has 1 amide bonds. The summed E-state index contributed by atoms with van der Waals surface area (Å²) < 4.78 is 0. The van der Waals surface area contributed by atoms with E-state index in [2.05, 4.69) is 40.8 Å². The third-order valence-corrected chi connectivity index (χ3v) is 5.45. The lowest BCUT2D eigenvalue weighted by atomic mass is 10.1. The Morgan fingerprint density at radius 1 is 1.43 bits per heavy atom. The molecule has 2 fully saturated rings. The lowest BCUT2D eigenvalue weighted by Gasteiger charge is -2.36. The van der Waals surface area contributed by atoms with Gasteiger partial charge in [0, 0.05) is 44.2 Å². The molecule has 0 aromatic carbocycles. The van der Waals surface area contributed by atoms with Gasteiger partial charge in [0.25, 0.3) is 0 Å². The minimum absolute atomic E-state index is 0.0527. The Labute approximate surface area is 132 Å². The van der Waals surface area contributed by atoms with Gasteiger partial charge in [-0.25, -0.2) is 4.99 Å². The fraction of sp³-hybridized carbons (Fsp3) is 0.867. The summed E-state index contributed by atoms with van der Waals surface area (Å²) in [5, 5.41) is 4.16. The number of carbonyl (C=O) groups excluding carboxylic acids is 1. The van der Waals surface area contributed by atoms with E-state index >= 15 is 0 Å². The van der Waals surface area contributed by atoms with Crippen LogP contribution in [0.4, 0.5) is 0 Å². The van der Waals surface area contributed by atoms with Crippen molar-refractivity contribution in [1.29, 1.82) is 0 Å². The van der Waals surface area contributed by atoms with Crippen LogP contribution < -0.4 is 5.32 Å². The van der Waals surface area contributed by atoms with Crippen LogP contribution in [0.2, 0.25) is 0 Å². The predicted octanol–water partition coefficient (Wildman–Crippen LogP) is 1.26. The Balaban J connectivity index is 2.00. The van der Waals surface area contributed by atoms with Crippen molar-refractivity contribution in [2.24, 2.45) is 10.9 Å². The molecule has 2 aliphatic rings. The average Bonchev–Trinajstić information content (AvgIpc) is 3.27. The lowest BCUT2D eigenvalue weighted by molar-refractivity contribution is -0.127. The summed E-state index contributed by atoms with van der Waals surface area (Å²) in [7, 11) is 3.55. The predicted molar refractivity (Wildman–Crippen MR) is 89.8 cm³/mol. The molecule has 1 atom stereocenters. The molecule has 1 aliphatic heterocycles. The van der Waals surface area contributed by atoms with E-state index in [9.17, 15) is 4.79 Å². The van der Waals surface area contributed by atoms with E-state index in [-0.39, 0.29) is 12.5 Å². The van der Waals surface area contributed by atoms with E-state index in [1.165, 1.54) is 12.8 Å². The molecular formula is C15H28N4OS. The van der Waals surface area contributed by atoms with Crippen LogP contribution in [0.15, 0.2) is 4.99 Å². The van der Waals surface area contributed by atoms with Crippen LogP contribution in [-0.4, -0.2) is 72.4 Å². The van der Waals surface area contributed by atoms with E-state index in [4.69, 9.17) is 0 Å². The lowest BCUT2D eigenvalue weighted by Crippen LogP contribution is -2.50. The van der Waals surface area contributed by atoms with Gasteiger partial charge in [-0.05, 0) is 18.8 Å². The number of nitrogens with one attached hydrogen (secondary N) is 1. The van der Waals surface area contributed by atoms with Crippen molar-refractivity contribution in [3.05, 3.63) is 0 Å². The quantitative estimate of drug-likeness (QED) is 0.627. The summed E-state index contributed by atoms with van der Waals surface area (Å²) in [4.78, 5) is 20.3. The Morgan fingerprint density at radius 3 is 2.71 bits per heavy atom.